The smallest absolute Gasteiger partial charge is 0.463 e. The third kappa shape index (κ3) is 7.69. The minimum absolute atomic E-state index is 0.130. The van der Waals surface area contributed by atoms with Crippen molar-refractivity contribution in [2.24, 2.45) is 22.7 Å². The number of esters is 3. The zero-order chi connectivity index (χ0) is 30.1. The Balaban J connectivity index is 0.000000267. The SMILES string of the molecule is CCC(C)(C)C(=O)OC12CC3CC(CC(OC(=O)OC(C)(C)C)(C3)C1)C2.CCC(C)(C)C(=O)OC1CCOC1=O. The molecule has 5 aliphatic rings. The van der Waals surface area contributed by atoms with Gasteiger partial charge in [-0.3, -0.25) is 9.59 Å². The molecule has 0 spiro atoms. The molecule has 228 valence electrons. The molecule has 0 aromatic rings. The van der Waals surface area contributed by atoms with Gasteiger partial charge in [-0.2, -0.15) is 0 Å². The molecule has 1 saturated heterocycles. The summed E-state index contributed by atoms with van der Waals surface area (Å²) in [6.07, 6.45) is 5.89. The molecule has 5 rings (SSSR count). The first-order valence-corrected chi connectivity index (χ1v) is 14.9. The Morgan fingerprint density at radius 1 is 0.825 bits per heavy atom. The van der Waals surface area contributed by atoms with E-state index < -0.39 is 45.9 Å². The van der Waals surface area contributed by atoms with Gasteiger partial charge in [0.05, 0.1) is 17.4 Å². The third-order valence-electron chi connectivity index (χ3n) is 8.96. The molecule has 0 aromatic carbocycles. The Morgan fingerprint density at radius 2 is 1.32 bits per heavy atom. The molecule has 9 heteroatoms. The van der Waals surface area contributed by atoms with Crippen LogP contribution in [-0.2, 0) is 38.1 Å². The van der Waals surface area contributed by atoms with E-state index in [2.05, 4.69) is 0 Å². The maximum atomic E-state index is 12.7. The van der Waals surface area contributed by atoms with Crippen molar-refractivity contribution in [3.63, 3.8) is 0 Å². The van der Waals surface area contributed by atoms with Crippen molar-refractivity contribution < 1.29 is 42.9 Å². The van der Waals surface area contributed by atoms with Crippen LogP contribution in [0.1, 0.15) is 120 Å². The first-order chi connectivity index (χ1) is 18.3. The van der Waals surface area contributed by atoms with E-state index >= 15 is 0 Å². The van der Waals surface area contributed by atoms with Gasteiger partial charge in [0.15, 0.2) is 0 Å². The molecular weight excluding hydrogens is 516 g/mol. The van der Waals surface area contributed by atoms with Crippen molar-refractivity contribution in [1.82, 2.24) is 0 Å². The second-order valence-corrected chi connectivity index (χ2v) is 14.6. The van der Waals surface area contributed by atoms with Crippen LogP contribution in [0.3, 0.4) is 0 Å². The number of rotatable bonds is 7. The van der Waals surface area contributed by atoms with Crippen LogP contribution >= 0.6 is 0 Å². The maximum absolute atomic E-state index is 12.7. The Morgan fingerprint density at radius 3 is 1.77 bits per heavy atom. The summed E-state index contributed by atoms with van der Waals surface area (Å²) in [5, 5.41) is 0. The number of ether oxygens (including phenoxy) is 5. The van der Waals surface area contributed by atoms with Gasteiger partial charge in [-0.1, -0.05) is 13.8 Å². The number of hydrogen-bond acceptors (Lipinski definition) is 9. The molecule has 9 nitrogen and oxygen atoms in total. The highest BCUT2D eigenvalue weighted by molar-refractivity contribution is 5.82. The van der Waals surface area contributed by atoms with Gasteiger partial charge in [-0.05, 0) is 105 Å². The van der Waals surface area contributed by atoms with Gasteiger partial charge in [0.25, 0.3) is 0 Å². The lowest BCUT2D eigenvalue weighted by molar-refractivity contribution is -0.229. The standard InChI is InChI=1S/C21H34O5.C10H16O4/c1-7-19(5,6)16(22)24-20-9-14-8-15(10-20)12-21(11-14,13-20)26-17(23)25-18(2,3)4;1-4-10(2,3)9(12)14-7-5-6-13-8(7)11/h14-15H,7-13H2,1-6H3;7H,4-6H2,1-3H3. The van der Waals surface area contributed by atoms with Crippen molar-refractivity contribution in [3.8, 4) is 0 Å². The summed E-state index contributed by atoms with van der Waals surface area (Å²) in [6.45, 7) is 17.3. The largest absolute Gasteiger partial charge is 0.509 e. The molecule has 4 bridgehead atoms. The molecule has 1 aliphatic heterocycles. The number of cyclic esters (lactones) is 1. The molecule has 4 aliphatic carbocycles. The van der Waals surface area contributed by atoms with Crippen LogP contribution in [-0.4, -0.2) is 53.6 Å². The first-order valence-electron chi connectivity index (χ1n) is 14.9. The predicted molar refractivity (Wildman–Crippen MR) is 147 cm³/mol. The minimum atomic E-state index is -0.687. The average molecular weight is 567 g/mol. The van der Waals surface area contributed by atoms with E-state index in [0.717, 1.165) is 38.5 Å². The van der Waals surface area contributed by atoms with E-state index in [4.69, 9.17) is 23.7 Å². The molecule has 3 unspecified atom stereocenters. The fourth-order valence-corrected chi connectivity index (χ4v) is 6.28. The van der Waals surface area contributed by atoms with Gasteiger partial charge in [0, 0.05) is 12.8 Å². The van der Waals surface area contributed by atoms with Crippen molar-refractivity contribution >= 4 is 24.1 Å². The maximum Gasteiger partial charge on any atom is 0.509 e. The lowest BCUT2D eigenvalue weighted by Gasteiger charge is -2.60. The summed E-state index contributed by atoms with van der Waals surface area (Å²) < 4.78 is 27.2. The molecule has 0 aromatic heterocycles. The molecule has 5 fully saturated rings. The second kappa shape index (κ2) is 11.5. The van der Waals surface area contributed by atoms with Gasteiger partial charge in [0.1, 0.15) is 16.8 Å². The molecule has 0 radical (unpaired) electrons. The Kier molecular flexibility index (Phi) is 9.27. The Labute approximate surface area is 239 Å². The van der Waals surface area contributed by atoms with Crippen LogP contribution in [0.25, 0.3) is 0 Å². The van der Waals surface area contributed by atoms with E-state index in [0.29, 0.717) is 37.7 Å². The molecule has 0 amide bonds. The van der Waals surface area contributed by atoms with Gasteiger partial charge in [-0.15, -0.1) is 0 Å². The zero-order valence-corrected chi connectivity index (χ0v) is 26.0. The highest BCUT2D eigenvalue weighted by Gasteiger charge is 2.62. The first kappa shape index (κ1) is 32.2. The van der Waals surface area contributed by atoms with Crippen LogP contribution in [0.2, 0.25) is 0 Å². The summed E-state index contributed by atoms with van der Waals surface area (Å²) in [7, 11) is 0. The summed E-state index contributed by atoms with van der Waals surface area (Å²) in [5.74, 6) is 0.0240. The number of carbonyl (C=O) groups excluding carboxylic acids is 4. The Bertz CT molecular complexity index is 960. The highest BCUT2D eigenvalue weighted by atomic mass is 16.7. The van der Waals surface area contributed by atoms with Crippen LogP contribution < -0.4 is 0 Å². The monoisotopic (exact) mass is 566 g/mol. The van der Waals surface area contributed by atoms with E-state index in [1.165, 1.54) is 0 Å². The van der Waals surface area contributed by atoms with E-state index in [1.807, 2.05) is 48.5 Å². The summed E-state index contributed by atoms with van der Waals surface area (Å²) in [6, 6.07) is 0. The fraction of sp³-hybridized carbons (Fsp3) is 0.871. The predicted octanol–water partition coefficient (Wildman–Crippen LogP) is 6.29. The molecule has 40 heavy (non-hydrogen) atoms. The summed E-state index contributed by atoms with van der Waals surface area (Å²) in [5.41, 5.74) is -2.60. The number of hydrogen-bond donors (Lipinski definition) is 0. The van der Waals surface area contributed by atoms with Gasteiger partial charge in [0.2, 0.25) is 6.10 Å². The van der Waals surface area contributed by atoms with Gasteiger partial charge < -0.3 is 23.7 Å². The molecular formula is C31H50O9. The van der Waals surface area contributed by atoms with E-state index in [9.17, 15) is 19.2 Å². The molecule has 3 atom stereocenters. The topological polar surface area (TPSA) is 114 Å². The van der Waals surface area contributed by atoms with Crippen LogP contribution in [0.15, 0.2) is 0 Å². The highest BCUT2D eigenvalue weighted by Crippen LogP contribution is 2.60. The average Bonchev–Trinajstić information content (AvgIpc) is 3.20. The van der Waals surface area contributed by atoms with Crippen molar-refractivity contribution in [2.45, 2.75) is 143 Å². The Hall–Kier alpha value is -2.32. The quantitative estimate of drug-likeness (QED) is 0.259. The molecule has 4 saturated carbocycles. The van der Waals surface area contributed by atoms with Gasteiger partial charge in [-0.25, -0.2) is 9.59 Å². The van der Waals surface area contributed by atoms with Gasteiger partial charge >= 0.3 is 24.1 Å². The van der Waals surface area contributed by atoms with Crippen LogP contribution in [0.4, 0.5) is 4.79 Å². The molecule has 0 N–H and O–H groups in total. The van der Waals surface area contributed by atoms with Crippen LogP contribution in [0.5, 0.6) is 0 Å². The lowest BCUT2D eigenvalue weighted by Crippen LogP contribution is -2.62. The van der Waals surface area contributed by atoms with Crippen molar-refractivity contribution in [1.29, 1.82) is 0 Å². The van der Waals surface area contributed by atoms with E-state index in [1.54, 1.807) is 13.8 Å². The van der Waals surface area contributed by atoms with E-state index in [-0.39, 0.29) is 11.9 Å². The van der Waals surface area contributed by atoms with Crippen molar-refractivity contribution in [3.05, 3.63) is 0 Å². The second-order valence-electron chi connectivity index (χ2n) is 14.6. The lowest BCUT2D eigenvalue weighted by atomic mass is 9.52. The zero-order valence-electron chi connectivity index (χ0n) is 26.0. The van der Waals surface area contributed by atoms with Crippen molar-refractivity contribution in [2.75, 3.05) is 6.61 Å². The van der Waals surface area contributed by atoms with Crippen LogP contribution in [0, 0.1) is 22.7 Å². The summed E-state index contributed by atoms with van der Waals surface area (Å²) in [4.78, 5) is 47.7. The number of carbonyl (C=O) groups is 4. The summed E-state index contributed by atoms with van der Waals surface area (Å²) >= 11 is 0. The fourth-order valence-electron chi connectivity index (χ4n) is 6.28. The minimum Gasteiger partial charge on any atom is -0.463 e. The molecule has 1 heterocycles. The third-order valence-corrected chi connectivity index (χ3v) is 8.96. The normalized spacial score (nSPS) is 31.0.